The Morgan fingerprint density at radius 3 is 2.37 bits per heavy atom. The molecule has 0 unspecified atom stereocenters. The van der Waals surface area contributed by atoms with Crippen LogP contribution in [0.5, 0.6) is 0 Å². The van der Waals surface area contributed by atoms with Crippen LogP contribution in [-0.2, 0) is 4.74 Å². The Hall–Kier alpha value is -3.04. The van der Waals surface area contributed by atoms with Gasteiger partial charge in [-0.2, -0.15) is 5.10 Å². The first kappa shape index (κ1) is 25.1. The average molecular weight is 501 g/mol. The zero-order valence-electron chi connectivity index (χ0n) is 19.7. The quantitative estimate of drug-likeness (QED) is 0.343. The van der Waals surface area contributed by atoms with Crippen molar-refractivity contribution in [1.29, 1.82) is 0 Å². The van der Waals surface area contributed by atoms with Gasteiger partial charge in [0.15, 0.2) is 5.65 Å². The maximum Gasteiger partial charge on any atom is 0.182 e. The van der Waals surface area contributed by atoms with Crippen molar-refractivity contribution in [3.8, 4) is 11.3 Å². The van der Waals surface area contributed by atoms with E-state index >= 15 is 0 Å². The summed E-state index contributed by atoms with van der Waals surface area (Å²) in [6.07, 6.45) is 8.46. The summed E-state index contributed by atoms with van der Waals surface area (Å²) in [7, 11) is 0. The molecule has 1 aliphatic heterocycles. The van der Waals surface area contributed by atoms with E-state index in [2.05, 4.69) is 25.0 Å². The van der Waals surface area contributed by atoms with E-state index in [1.807, 2.05) is 37.0 Å². The van der Waals surface area contributed by atoms with Crippen LogP contribution in [0, 0.1) is 19.7 Å². The van der Waals surface area contributed by atoms with E-state index in [4.69, 9.17) is 16.3 Å². The van der Waals surface area contributed by atoms with E-state index in [1.165, 1.54) is 25.2 Å². The van der Waals surface area contributed by atoms with Gasteiger partial charge in [-0.3, -0.25) is 4.68 Å². The first-order valence-corrected chi connectivity index (χ1v) is 11.9. The van der Waals surface area contributed by atoms with Crippen LogP contribution in [0.1, 0.15) is 43.1 Å². The number of halogens is 3. The van der Waals surface area contributed by atoms with Crippen molar-refractivity contribution in [2.24, 2.45) is 0 Å². The molecule has 1 aliphatic carbocycles. The number of alkyl halides is 1. The molecule has 0 N–H and O–H groups in total. The van der Waals surface area contributed by atoms with E-state index in [1.54, 1.807) is 12.1 Å². The van der Waals surface area contributed by atoms with Crippen molar-refractivity contribution >= 4 is 22.8 Å². The van der Waals surface area contributed by atoms with Gasteiger partial charge >= 0.3 is 0 Å². The van der Waals surface area contributed by atoms with Crippen LogP contribution >= 0.6 is 11.6 Å². The first-order chi connectivity index (χ1) is 16.9. The highest BCUT2D eigenvalue weighted by molar-refractivity contribution is 6.30. The van der Waals surface area contributed by atoms with Crippen LogP contribution in [0.4, 0.5) is 8.78 Å². The van der Waals surface area contributed by atoms with Crippen LogP contribution in [0.25, 0.3) is 22.4 Å². The summed E-state index contributed by atoms with van der Waals surface area (Å²) in [5, 5.41) is 4.43. The van der Waals surface area contributed by atoms with Crippen LogP contribution in [0.3, 0.4) is 0 Å². The molecule has 0 amide bonds. The lowest BCUT2D eigenvalue weighted by Crippen LogP contribution is -2.15. The van der Waals surface area contributed by atoms with Crippen molar-refractivity contribution in [2.45, 2.75) is 51.7 Å². The molecule has 4 heterocycles. The molecule has 10 heteroatoms. The van der Waals surface area contributed by atoms with Gasteiger partial charge in [0, 0.05) is 49.0 Å². The summed E-state index contributed by atoms with van der Waals surface area (Å²) in [4.78, 5) is 17.0. The normalized spacial score (nSPS) is 15.7. The zero-order valence-corrected chi connectivity index (χ0v) is 20.4. The second kappa shape index (κ2) is 11.6. The third kappa shape index (κ3) is 6.76. The third-order valence-electron chi connectivity index (χ3n) is 5.66. The highest BCUT2D eigenvalue weighted by Gasteiger charge is 2.23. The van der Waals surface area contributed by atoms with Crippen molar-refractivity contribution < 1.29 is 13.5 Å². The van der Waals surface area contributed by atoms with E-state index < -0.39 is 12.0 Å². The van der Waals surface area contributed by atoms with E-state index in [0.29, 0.717) is 53.5 Å². The number of aryl methyl sites for hydroxylation is 2. The summed E-state index contributed by atoms with van der Waals surface area (Å²) < 4.78 is 33.1. The van der Waals surface area contributed by atoms with Crippen LogP contribution in [0.2, 0.25) is 5.02 Å². The van der Waals surface area contributed by atoms with Crippen LogP contribution in [0.15, 0.2) is 43.0 Å². The van der Waals surface area contributed by atoms with Crippen molar-refractivity contribution in [3.05, 3.63) is 65.2 Å². The fourth-order valence-corrected chi connectivity index (χ4v) is 3.58. The van der Waals surface area contributed by atoms with Gasteiger partial charge in [0.1, 0.15) is 29.5 Å². The van der Waals surface area contributed by atoms with Gasteiger partial charge in [-0.1, -0.05) is 11.6 Å². The Morgan fingerprint density at radius 1 is 1.03 bits per heavy atom. The SMILES string of the molecule is Cc1nc2ncnc(-c3ccc(Cl)cc3F)c2nc1C.FC1CCOCC1.c1cnn(C2CC2)c1. The Balaban J connectivity index is 0.000000156. The highest BCUT2D eigenvalue weighted by atomic mass is 35.5. The lowest BCUT2D eigenvalue weighted by atomic mass is 10.1. The number of hydrogen-bond donors (Lipinski definition) is 0. The number of benzene rings is 1. The van der Waals surface area contributed by atoms with Crippen molar-refractivity contribution in [2.75, 3.05) is 13.2 Å². The Bertz CT molecular complexity index is 1260. The van der Waals surface area contributed by atoms with Crippen molar-refractivity contribution in [1.82, 2.24) is 29.7 Å². The molecular formula is C25H27ClF2N6O. The average Bonchev–Trinajstić information content (AvgIpc) is 3.55. The van der Waals surface area contributed by atoms with Crippen molar-refractivity contribution in [3.63, 3.8) is 0 Å². The Labute approximate surface area is 207 Å². The molecule has 1 saturated carbocycles. The van der Waals surface area contributed by atoms with Gasteiger partial charge in [-0.05, 0) is 51.0 Å². The van der Waals surface area contributed by atoms with E-state index in [-0.39, 0.29) is 0 Å². The molecule has 4 aromatic rings. The predicted octanol–water partition coefficient (Wildman–Crippen LogP) is 5.85. The zero-order chi connectivity index (χ0) is 24.8. The minimum absolute atomic E-state index is 0.333. The Kier molecular flexibility index (Phi) is 8.30. The summed E-state index contributed by atoms with van der Waals surface area (Å²) in [5.74, 6) is -0.447. The standard InChI is InChI=1S/C14H10ClFN4.C6H8N2.C5H9FO/c1-7-8(2)20-14-13(19-7)12(17-6-18-14)10-4-3-9(15)5-11(10)16;1-4-7-8(5-1)6-2-3-6;6-5-1-3-7-4-2-5/h3-6H,1-2H3;1,4-6H,2-3H2;5H,1-4H2. The molecule has 7 nitrogen and oxygen atoms in total. The lowest BCUT2D eigenvalue weighted by Gasteiger charge is -2.13. The smallest absolute Gasteiger partial charge is 0.182 e. The molecule has 2 aliphatic rings. The lowest BCUT2D eigenvalue weighted by molar-refractivity contribution is 0.0515. The molecular weight excluding hydrogens is 474 g/mol. The van der Waals surface area contributed by atoms with Gasteiger partial charge in [-0.15, -0.1) is 0 Å². The summed E-state index contributed by atoms with van der Waals surface area (Å²) in [6.45, 7) is 4.92. The molecule has 35 heavy (non-hydrogen) atoms. The van der Waals surface area contributed by atoms with E-state index in [0.717, 1.165) is 17.4 Å². The molecule has 3 aromatic heterocycles. The molecule has 0 atom stereocenters. The summed E-state index contributed by atoms with van der Waals surface area (Å²) in [5.41, 5.74) is 3.24. The fraction of sp³-hybridized carbons (Fsp3) is 0.400. The molecule has 184 valence electrons. The summed E-state index contributed by atoms with van der Waals surface area (Å²) >= 11 is 5.77. The maximum atomic E-state index is 14.1. The predicted molar refractivity (Wildman–Crippen MR) is 130 cm³/mol. The second-order valence-electron chi connectivity index (χ2n) is 8.42. The number of hydrogen-bond acceptors (Lipinski definition) is 6. The monoisotopic (exact) mass is 500 g/mol. The minimum Gasteiger partial charge on any atom is -0.381 e. The molecule has 6 rings (SSSR count). The van der Waals surface area contributed by atoms with Gasteiger partial charge in [0.2, 0.25) is 0 Å². The fourth-order valence-electron chi connectivity index (χ4n) is 3.43. The first-order valence-electron chi connectivity index (χ1n) is 11.5. The number of fused-ring (bicyclic) bond motifs is 1. The van der Waals surface area contributed by atoms with E-state index in [9.17, 15) is 8.78 Å². The molecule has 2 fully saturated rings. The topological polar surface area (TPSA) is 78.6 Å². The number of aromatic nitrogens is 6. The molecule has 0 bridgehead atoms. The van der Waals surface area contributed by atoms with Gasteiger partial charge in [0.05, 0.1) is 17.4 Å². The van der Waals surface area contributed by atoms with Gasteiger partial charge in [0.25, 0.3) is 0 Å². The second-order valence-corrected chi connectivity index (χ2v) is 8.85. The third-order valence-corrected chi connectivity index (χ3v) is 5.90. The number of rotatable bonds is 2. The summed E-state index contributed by atoms with van der Waals surface area (Å²) in [6, 6.07) is 7.15. The largest absolute Gasteiger partial charge is 0.381 e. The number of nitrogens with zero attached hydrogens (tertiary/aromatic N) is 6. The molecule has 1 aromatic carbocycles. The highest BCUT2D eigenvalue weighted by Crippen LogP contribution is 2.33. The Morgan fingerprint density at radius 2 is 1.77 bits per heavy atom. The van der Waals surface area contributed by atoms with Gasteiger partial charge < -0.3 is 4.74 Å². The van der Waals surface area contributed by atoms with Crippen LogP contribution < -0.4 is 0 Å². The molecule has 1 saturated heterocycles. The van der Waals surface area contributed by atoms with Gasteiger partial charge in [-0.25, -0.2) is 28.7 Å². The molecule has 0 spiro atoms. The van der Waals surface area contributed by atoms with Crippen LogP contribution in [-0.4, -0.2) is 49.1 Å². The minimum atomic E-state index is -0.589. The maximum absolute atomic E-state index is 14.1. The number of ether oxygens (including phenoxy) is 1. The molecule has 0 radical (unpaired) electrons.